The zero-order chi connectivity index (χ0) is 11.5. The molecule has 0 atom stereocenters. The fourth-order valence-corrected chi connectivity index (χ4v) is 2.27. The Bertz CT molecular complexity index is 540. The lowest BCUT2D eigenvalue weighted by molar-refractivity contribution is 0.0526. The van der Waals surface area contributed by atoms with E-state index in [0.717, 1.165) is 14.5 Å². The minimum atomic E-state index is -0.286. The van der Waals surface area contributed by atoms with Crippen molar-refractivity contribution in [3.63, 3.8) is 0 Å². The van der Waals surface area contributed by atoms with Crippen LogP contribution in [0.5, 0.6) is 0 Å². The van der Waals surface area contributed by atoms with E-state index >= 15 is 0 Å². The van der Waals surface area contributed by atoms with Crippen molar-refractivity contribution in [2.45, 2.75) is 6.92 Å². The van der Waals surface area contributed by atoms with Crippen LogP contribution in [0.2, 0.25) is 0 Å². The first-order valence-corrected chi connectivity index (χ1v) is 6.01. The molecule has 1 aromatic carbocycles. The van der Waals surface area contributed by atoms with Gasteiger partial charge in [-0.2, -0.15) is 0 Å². The molecule has 0 unspecified atom stereocenters. The third-order valence-corrected chi connectivity index (χ3v) is 2.99. The summed E-state index contributed by atoms with van der Waals surface area (Å²) in [7, 11) is 0. The molecule has 2 rings (SSSR count). The van der Waals surface area contributed by atoms with Crippen LogP contribution in [-0.4, -0.2) is 17.6 Å². The van der Waals surface area contributed by atoms with E-state index in [1.165, 1.54) is 0 Å². The van der Waals surface area contributed by atoms with Crippen LogP contribution >= 0.6 is 22.6 Å². The fourth-order valence-electron chi connectivity index (χ4n) is 1.48. The highest BCUT2D eigenvalue weighted by molar-refractivity contribution is 14.1. The summed E-state index contributed by atoms with van der Waals surface area (Å²) < 4.78 is 5.93. The maximum Gasteiger partial charge on any atom is 0.338 e. The van der Waals surface area contributed by atoms with Crippen molar-refractivity contribution in [3.8, 4) is 0 Å². The molecule has 0 N–H and O–H groups in total. The highest BCUT2D eigenvalue weighted by Crippen LogP contribution is 2.21. The first-order valence-electron chi connectivity index (χ1n) is 4.93. The fraction of sp³-hybridized carbons (Fsp3) is 0.167. The van der Waals surface area contributed by atoms with Gasteiger partial charge in [0, 0.05) is 15.2 Å². The Morgan fingerprint density at radius 2 is 2.31 bits per heavy atom. The molecule has 0 aliphatic carbocycles. The number of benzene rings is 1. The summed E-state index contributed by atoms with van der Waals surface area (Å²) in [5, 5.41) is 0.956. The average molecular weight is 327 g/mol. The van der Waals surface area contributed by atoms with Gasteiger partial charge in [-0.1, -0.05) is 6.07 Å². The van der Waals surface area contributed by atoms with Gasteiger partial charge < -0.3 is 4.74 Å². The molecule has 1 aromatic heterocycles. The van der Waals surface area contributed by atoms with Crippen molar-refractivity contribution in [1.29, 1.82) is 0 Å². The molecule has 0 saturated heterocycles. The summed E-state index contributed by atoms with van der Waals surface area (Å²) in [5.41, 5.74) is 1.49. The van der Waals surface area contributed by atoms with Crippen LogP contribution in [-0.2, 0) is 4.74 Å². The van der Waals surface area contributed by atoms with Crippen LogP contribution in [0.1, 0.15) is 17.3 Å². The number of ether oxygens (including phenoxy) is 1. The standard InChI is InChI=1S/C12H10INO2/c1-2-16-12(15)9-6-8-4-3-5-14-11(8)10(13)7-9/h3-7H,2H2,1H3. The Labute approximate surface area is 107 Å². The number of fused-ring (bicyclic) bond motifs is 1. The molecule has 2 aromatic rings. The molecule has 16 heavy (non-hydrogen) atoms. The minimum Gasteiger partial charge on any atom is -0.462 e. The SMILES string of the molecule is CCOC(=O)c1cc(I)c2ncccc2c1. The van der Waals surface area contributed by atoms with Crippen LogP contribution < -0.4 is 0 Å². The molecule has 4 heteroatoms. The first-order chi connectivity index (χ1) is 7.72. The molecule has 3 nitrogen and oxygen atoms in total. The van der Waals surface area contributed by atoms with Crippen LogP contribution in [0.15, 0.2) is 30.5 Å². The molecule has 0 fully saturated rings. The topological polar surface area (TPSA) is 39.2 Å². The van der Waals surface area contributed by atoms with E-state index in [2.05, 4.69) is 27.6 Å². The van der Waals surface area contributed by atoms with E-state index in [1.807, 2.05) is 18.2 Å². The van der Waals surface area contributed by atoms with Gasteiger partial charge >= 0.3 is 5.97 Å². The van der Waals surface area contributed by atoms with Gasteiger partial charge in [0.2, 0.25) is 0 Å². The predicted octanol–water partition coefficient (Wildman–Crippen LogP) is 3.02. The van der Waals surface area contributed by atoms with Crippen molar-refractivity contribution in [3.05, 3.63) is 39.6 Å². The monoisotopic (exact) mass is 327 g/mol. The normalized spacial score (nSPS) is 10.4. The summed E-state index contributed by atoms with van der Waals surface area (Å²) in [4.78, 5) is 15.9. The number of carbonyl (C=O) groups is 1. The number of nitrogens with zero attached hydrogens (tertiary/aromatic N) is 1. The highest BCUT2D eigenvalue weighted by atomic mass is 127. The molecule has 0 aliphatic rings. The number of rotatable bonds is 2. The second-order valence-corrected chi connectivity index (χ2v) is 4.42. The summed E-state index contributed by atoms with van der Waals surface area (Å²) in [6.07, 6.45) is 1.74. The highest BCUT2D eigenvalue weighted by Gasteiger charge is 2.10. The third-order valence-electron chi connectivity index (χ3n) is 2.17. The zero-order valence-corrected chi connectivity index (χ0v) is 10.9. The van der Waals surface area contributed by atoms with Crippen molar-refractivity contribution in [2.24, 2.45) is 0 Å². The zero-order valence-electron chi connectivity index (χ0n) is 8.74. The van der Waals surface area contributed by atoms with E-state index in [1.54, 1.807) is 19.2 Å². The average Bonchev–Trinajstić information content (AvgIpc) is 2.29. The number of hydrogen-bond donors (Lipinski definition) is 0. The molecule has 0 bridgehead atoms. The van der Waals surface area contributed by atoms with Crippen molar-refractivity contribution in [2.75, 3.05) is 6.61 Å². The van der Waals surface area contributed by atoms with E-state index < -0.39 is 0 Å². The molecule has 0 saturated carbocycles. The number of hydrogen-bond acceptors (Lipinski definition) is 3. The maximum atomic E-state index is 11.6. The smallest absolute Gasteiger partial charge is 0.338 e. The molecule has 0 aliphatic heterocycles. The predicted molar refractivity (Wildman–Crippen MR) is 70.4 cm³/mol. The Hall–Kier alpha value is -1.17. The quantitative estimate of drug-likeness (QED) is 0.629. The van der Waals surface area contributed by atoms with Gasteiger partial charge in [-0.25, -0.2) is 4.79 Å². The van der Waals surface area contributed by atoms with E-state index in [4.69, 9.17) is 4.74 Å². The Morgan fingerprint density at radius 1 is 1.50 bits per heavy atom. The van der Waals surface area contributed by atoms with Crippen molar-refractivity contribution >= 4 is 39.5 Å². The Kier molecular flexibility index (Phi) is 3.38. The molecule has 0 spiro atoms. The lowest BCUT2D eigenvalue weighted by atomic mass is 10.1. The van der Waals surface area contributed by atoms with Crippen LogP contribution in [0.25, 0.3) is 10.9 Å². The van der Waals surface area contributed by atoms with Gasteiger partial charge in [0.05, 0.1) is 17.7 Å². The van der Waals surface area contributed by atoms with Crippen molar-refractivity contribution in [1.82, 2.24) is 4.98 Å². The van der Waals surface area contributed by atoms with Gasteiger partial charge in [0.1, 0.15) is 0 Å². The van der Waals surface area contributed by atoms with Gasteiger partial charge in [-0.15, -0.1) is 0 Å². The summed E-state index contributed by atoms with van der Waals surface area (Å²) in [6, 6.07) is 7.40. The van der Waals surface area contributed by atoms with E-state index in [0.29, 0.717) is 12.2 Å². The number of carbonyl (C=O) groups excluding carboxylic acids is 1. The second kappa shape index (κ2) is 4.78. The lowest BCUT2D eigenvalue weighted by Crippen LogP contribution is -2.05. The van der Waals surface area contributed by atoms with E-state index in [-0.39, 0.29) is 5.97 Å². The molecule has 1 heterocycles. The van der Waals surface area contributed by atoms with Crippen LogP contribution in [0, 0.1) is 3.57 Å². The van der Waals surface area contributed by atoms with Gasteiger partial charge in [0.25, 0.3) is 0 Å². The number of esters is 1. The van der Waals surface area contributed by atoms with Crippen molar-refractivity contribution < 1.29 is 9.53 Å². The second-order valence-electron chi connectivity index (χ2n) is 3.25. The van der Waals surface area contributed by atoms with Crippen LogP contribution in [0.3, 0.4) is 0 Å². The largest absolute Gasteiger partial charge is 0.462 e. The minimum absolute atomic E-state index is 0.286. The molecule has 0 radical (unpaired) electrons. The summed E-state index contributed by atoms with van der Waals surface area (Å²) in [5.74, 6) is -0.286. The summed E-state index contributed by atoms with van der Waals surface area (Å²) in [6.45, 7) is 2.19. The molecule has 0 amide bonds. The number of aromatic nitrogens is 1. The van der Waals surface area contributed by atoms with Gasteiger partial charge in [0.15, 0.2) is 0 Å². The Morgan fingerprint density at radius 3 is 3.06 bits per heavy atom. The summed E-state index contributed by atoms with van der Waals surface area (Å²) >= 11 is 2.18. The van der Waals surface area contributed by atoms with E-state index in [9.17, 15) is 4.79 Å². The first kappa shape index (κ1) is 11.3. The van der Waals surface area contributed by atoms with Gasteiger partial charge in [-0.3, -0.25) is 4.98 Å². The molecular weight excluding hydrogens is 317 g/mol. The van der Waals surface area contributed by atoms with Gasteiger partial charge in [-0.05, 0) is 47.7 Å². The Balaban J connectivity index is 2.53. The number of pyridine rings is 1. The maximum absolute atomic E-state index is 11.6. The lowest BCUT2D eigenvalue weighted by Gasteiger charge is -2.05. The number of halogens is 1. The molecule has 82 valence electrons. The molecular formula is C12H10INO2. The van der Waals surface area contributed by atoms with Crippen LogP contribution in [0.4, 0.5) is 0 Å². The third kappa shape index (κ3) is 2.16.